The molecule has 0 bridgehead atoms. The molecule has 0 radical (unpaired) electrons. The summed E-state index contributed by atoms with van der Waals surface area (Å²) in [5.41, 5.74) is 0.625. The molecule has 2 amide bonds. The predicted molar refractivity (Wildman–Crippen MR) is 111 cm³/mol. The molecule has 152 valence electrons. The van der Waals surface area contributed by atoms with E-state index in [0.29, 0.717) is 33.7 Å². The van der Waals surface area contributed by atoms with Gasteiger partial charge in [0.1, 0.15) is 10.7 Å². The number of amides is 2. The number of aryl methyl sites for hydroxylation is 2. The maximum atomic E-state index is 13.1. The average Bonchev–Trinajstić information content (AvgIpc) is 2.80. The second kappa shape index (κ2) is 8.43. The number of likely N-dealkylation sites (N-methyl/N-ethyl adjacent to an activating group) is 1. The molecule has 3 rings (SSSR count). The van der Waals surface area contributed by atoms with Crippen molar-refractivity contribution in [1.29, 1.82) is 0 Å². The smallest absolute Gasteiger partial charge is 0.264 e. The third kappa shape index (κ3) is 3.97. The van der Waals surface area contributed by atoms with Crippen LogP contribution in [-0.2, 0) is 17.8 Å². The van der Waals surface area contributed by atoms with Crippen molar-refractivity contribution in [2.24, 2.45) is 0 Å². The molecule has 0 fully saturated rings. The third-order valence-corrected chi connectivity index (χ3v) is 6.23. The SMILES string of the molecule is CCN(CC(=O)NC(C)C)C(=O)c1sc2nc3n(c(=O)c2c1C)CCCCC3. The fourth-order valence-corrected chi connectivity index (χ4v) is 4.78. The fourth-order valence-electron chi connectivity index (χ4n) is 3.63. The van der Waals surface area contributed by atoms with E-state index < -0.39 is 0 Å². The van der Waals surface area contributed by atoms with Crippen molar-refractivity contribution >= 4 is 33.4 Å². The number of fused-ring (bicyclic) bond motifs is 2. The van der Waals surface area contributed by atoms with Gasteiger partial charge < -0.3 is 10.2 Å². The molecule has 0 unspecified atom stereocenters. The molecule has 7 nitrogen and oxygen atoms in total. The van der Waals surface area contributed by atoms with E-state index in [9.17, 15) is 14.4 Å². The number of nitrogens with zero attached hydrogens (tertiary/aromatic N) is 3. The van der Waals surface area contributed by atoms with Gasteiger partial charge in [0.15, 0.2) is 0 Å². The van der Waals surface area contributed by atoms with Crippen molar-refractivity contribution in [2.75, 3.05) is 13.1 Å². The van der Waals surface area contributed by atoms with Crippen LogP contribution in [-0.4, -0.2) is 45.4 Å². The maximum absolute atomic E-state index is 13.1. The van der Waals surface area contributed by atoms with Gasteiger partial charge in [-0.3, -0.25) is 19.0 Å². The first-order valence-corrected chi connectivity index (χ1v) is 10.8. The van der Waals surface area contributed by atoms with Gasteiger partial charge in [0.25, 0.3) is 11.5 Å². The Morgan fingerprint density at radius 1 is 1.29 bits per heavy atom. The lowest BCUT2D eigenvalue weighted by Gasteiger charge is -2.20. The zero-order valence-corrected chi connectivity index (χ0v) is 17.8. The molecule has 1 aliphatic heterocycles. The Kier molecular flexibility index (Phi) is 6.17. The predicted octanol–water partition coefficient (Wildman–Crippen LogP) is 2.48. The van der Waals surface area contributed by atoms with Gasteiger partial charge >= 0.3 is 0 Å². The van der Waals surface area contributed by atoms with Gasteiger partial charge in [-0.05, 0) is 46.1 Å². The average molecular weight is 405 g/mol. The summed E-state index contributed by atoms with van der Waals surface area (Å²) in [5.74, 6) is 0.411. The van der Waals surface area contributed by atoms with Crippen LogP contribution in [0.25, 0.3) is 10.2 Å². The second-order valence-corrected chi connectivity index (χ2v) is 8.57. The van der Waals surface area contributed by atoms with Gasteiger partial charge in [-0.2, -0.15) is 0 Å². The second-order valence-electron chi connectivity index (χ2n) is 7.57. The van der Waals surface area contributed by atoms with Crippen LogP contribution < -0.4 is 10.9 Å². The minimum absolute atomic E-state index is 0.00408. The minimum atomic E-state index is -0.221. The number of nitrogens with one attached hydrogen (secondary N) is 1. The van der Waals surface area contributed by atoms with Crippen LogP contribution in [0.2, 0.25) is 0 Å². The maximum Gasteiger partial charge on any atom is 0.264 e. The normalized spacial score (nSPS) is 14.0. The number of aromatic nitrogens is 2. The van der Waals surface area contributed by atoms with Gasteiger partial charge in [-0.1, -0.05) is 6.42 Å². The highest BCUT2D eigenvalue weighted by Crippen LogP contribution is 2.29. The molecule has 0 spiro atoms. The Bertz CT molecular complexity index is 960. The quantitative estimate of drug-likeness (QED) is 0.830. The highest BCUT2D eigenvalue weighted by atomic mass is 32.1. The van der Waals surface area contributed by atoms with Gasteiger partial charge in [0, 0.05) is 25.6 Å². The molecular weight excluding hydrogens is 376 g/mol. The molecular formula is C20H28N4O3S. The van der Waals surface area contributed by atoms with Crippen LogP contribution in [0, 0.1) is 6.92 Å². The standard InChI is InChI=1S/C20H28N4O3S/c1-5-23(11-15(25)21-12(2)3)20(27)17-13(4)16-18(28-17)22-14-9-7-6-8-10-24(14)19(16)26/h12H,5-11H2,1-4H3,(H,21,25). The van der Waals surface area contributed by atoms with Crippen molar-refractivity contribution in [2.45, 2.75) is 66.0 Å². The number of hydrogen-bond acceptors (Lipinski definition) is 5. The summed E-state index contributed by atoms with van der Waals surface area (Å²) in [4.78, 5) is 45.6. The van der Waals surface area contributed by atoms with E-state index in [-0.39, 0.29) is 30.0 Å². The van der Waals surface area contributed by atoms with Crippen molar-refractivity contribution in [3.05, 3.63) is 26.6 Å². The summed E-state index contributed by atoms with van der Waals surface area (Å²) in [6.07, 6.45) is 3.90. The van der Waals surface area contributed by atoms with E-state index in [1.807, 2.05) is 20.8 Å². The molecule has 28 heavy (non-hydrogen) atoms. The fraction of sp³-hybridized carbons (Fsp3) is 0.600. The van der Waals surface area contributed by atoms with Crippen LogP contribution in [0.4, 0.5) is 0 Å². The Balaban J connectivity index is 1.97. The first-order chi connectivity index (χ1) is 13.3. The lowest BCUT2D eigenvalue weighted by atomic mass is 10.2. The van der Waals surface area contributed by atoms with Crippen LogP contribution >= 0.6 is 11.3 Å². The van der Waals surface area contributed by atoms with Crippen molar-refractivity contribution in [1.82, 2.24) is 19.8 Å². The zero-order valence-electron chi connectivity index (χ0n) is 17.0. The summed E-state index contributed by atoms with van der Waals surface area (Å²) in [6.45, 7) is 8.53. The highest BCUT2D eigenvalue weighted by Gasteiger charge is 2.25. The first-order valence-electron chi connectivity index (χ1n) is 9.94. The molecule has 3 heterocycles. The highest BCUT2D eigenvalue weighted by molar-refractivity contribution is 7.20. The number of hydrogen-bond donors (Lipinski definition) is 1. The molecule has 0 atom stereocenters. The van der Waals surface area contributed by atoms with E-state index >= 15 is 0 Å². The summed E-state index contributed by atoms with van der Waals surface area (Å²) in [7, 11) is 0. The zero-order chi connectivity index (χ0) is 20.4. The van der Waals surface area contributed by atoms with Crippen LogP contribution in [0.1, 0.15) is 61.1 Å². The molecule has 0 aliphatic carbocycles. The Labute approximate surface area is 168 Å². The monoisotopic (exact) mass is 404 g/mol. The van der Waals surface area contributed by atoms with Crippen molar-refractivity contribution in [3.8, 4) is 0 Å². The van der Waals surface area contributed by atoms with Gasteiger partial charge in [0.2, 0.25) is 5.91 Å². The molecule has 2 aromatic rings. The molecule has 1 N–H and O–H groups in total. The van der Waals surface area contributed by atoms with Crippen molar-refractivity contribution in [3.63, 3.8) is 0 Å². The molecule has 0 saturated carbocycles. The van der Waals surface area contributed by atoms with Crippen molar-refractivity contribution < 1.29 is 9.59 Å². The van der Waals surface area contributed by atoms with Crippen LogP contribution in [0.15, 0.2) is 4.79 Å². The summed E-state index contributed by atoms with van der Waals surface area (Å²) >= 11 is 1.26. The van der Waals surface area contributed by atoms with E-state index in [4.69, 9.17) is 4.98 Å². The van der Waals surface area contributed by atoms with Gasteiger partial charge in [0.05, 0.1) is 16.8 Å². The molecule has 8 heteroatoms. The van der Waals surface area contributed by atoms with Gasteiger partial charge in [-0.15, -0.1) is 11.3 Å². The summed E-state index contributed by atoms with van der Waals surface area (Å²) < 4.78 is 1.77. The lowest BCUT2D eigenvalue weighted by molar-refractivity contribution is -0.122. The number of carbonyl (C=O) groups excluding carboxylic acids is 2. The molecule has 2 aromatic heterocycles. The largest absolute Gasteiger partial charge is 0.352 e. The number of carbonyl (C=O) groups is 2. The van der Waals surface area contributed by atoms with Gasteiger partial charge in [-0.25, -0.2) is 4.98 Å². The Morgan fingerprint density at radius 3 is 2.71 bits per heavy atom. The number of thiophene rings is 1. The van der Waals surface area contributed by atoms with E-state index in [1.165, 1.54) is 16.2 Å². The molecule has 1 aliphatic rings. The minimum Gasteiger partial charge on any atom is -0.352 e. The number of rotatable bonds is 5. The Morgan fingerprint density at radius 2 is 2.04 bits per heavy atom. The van der Waals surface area contributed by atoms with Crippen LogP contribution in [0.5, 0.6) is 0 Å². The van der Waals surface area contributed by atoms with Crippen LogP contribution in [0.3, 0.4) is 0 Å². The first kappa shape index (κ1) is 20.5. The summed E-state index contributed by atoms with van der Waals surface area (Å²) in [5, 5.41) is 3.36. The Hall–Kier alpha value is -2.22. The third-order valence-electron chi connectivity index (χ3n) is 5.06. The molecule has 0 saturated heterocycles. The topological polar surface area (TPSA) is 84.3 Å². The van der Waals surface area contributed by atoms with E-state index in [1.54, 1.807) is 11.5 Å². The molecule has 0 aromatic carbocycles. The van der Waals surface area contributed by atoms with E-state index in [0.717, 1.165) is 31.5 Å². The summed E-state index contributed by atoms with van der Waals surface area (Å²) in [6, 6.07) is 0.0204. The lowest BCUT2D eigenvalue weighted by Crippen LogP contribution is -2.42. The van der Waals surface area contributed by atoms with E-state index in [2.05, 4.69) is 5.32 Å².